The number of carboxylic acid groups (broad SMARTS) is 1. The zero-order valence-corrected chi connectivity index (χ0v) is 11.0. The van der Waals surface area contributed by atoms with Gasteiger partial charge < -0.3 is 19.3 Å². The Morgan fingerprint density at radius 3 is 2.58 bits per heavy atom. The molecule has 0 aromatic carbocycles. The molecule has 1 aliphatic rings. The van der Waals surface area contributed by atoms with Gasteiger partial charge in [-0.2, -0.15) is 0 Å². The summed E-state index contributed by atoms with van der Waals surface area (Å²) in [7, 11) is 0. The number of aromatic carboxylic acids is 1. The quantitative estimate of drug-likeness (QED) is 0.877. The number of rotatable bonds is 2. The third-order valence-electron chi connectivity index (χ3n) is 2.69. The fourth-order valence-electron chi connectivity index (χ4n) is 1.72. The summed E-state index contributed by atoms with van der Waals surface area (Å²) in [4.78, 5) is 23.9. The molecular formula is C12H16N2O5. The van der Waals surface area contributed by atoms with Crippen molar-refractivity contribution in [2.24, 2.45) is 0 Å². The van der Waals surface area contributed by atoms with Gasteiger partial charge >= 0.3 is 12.1 Å². The van der Waals surface area contributed by atoms with Crippen LogP contribution in [0.3, 0.4) is 0 Å². The summed E-state index contributed by atoms with van der Waals surface area (Å²) in [6, 6.07) is 1.39. The lowest BCUT2D eigenvalue weighted by Gasteiger charge is -2.38. The summed E-state index contributed by atoms with van der Waals surface area (Å²) in [5.41, 5.74) is 0.0317. The van der Waals surface area contributed by atoms with Gasteiger partial charge in [-0.05, 0) is 20.8 Å². The molecule has 0 saturated carbocycles. The van der Waals surface area contributed by atoms with Crippen LogP contribution in [0.5, 0.6) is 0 Å². The first kappa shape index (κ1) is 13.4. The lowest BCUT2D eigenvalue weighted by Crippen LogP contribution is -2.50. The predicted octanol–water partition coefficient (Wildman–Crippen LogP) is 1.71. The molecule has 2 heterocycles. The summed E-state index contributed by atoms with van der Waals surface area (Å²) in [6.07, 6.45) is -0.370. The van der Waals surface area contributed by atoms with E-state index in [-0.39, 0.29) is 17.8 Å². The van der Waals surface area contributed by atoms with Crippen molar-refractivity contribution < 1.29 is 24.0 Å². The van der Waals surface area contributed by atoms with E-state index in [1.165, 1.54) is 6.07 Å². The third-order valence-corrected chi connectivity index (χ3v) is 2.69. The largest absolute Gasteiger partial charge is 0.475 e. The minimum Gasteiger partial charge on any atom is -0.475 e. The number of carbonyl (C=O) groups excluding carboxylic acids is 1. The molecule has 0 spiro atoms. The number of hydrogen-bond donors (Lipinski definition) is 1. The predicted molar refractivity (Wildman–Crippen MR) is 64.0 cm³/mol. The Morgan fingerprint density at radius 2 is 2.11 bits per heavy atom. The van der Waals surface area contributed by atoms with Gasteiger partial charge in [-0.1, -0.05) is 5.16 Å². The first-order chi connectivity index (χ1) is 8.76. The maximum absolute atomic E-state index is 11.7. The van der Waals surface area contributed by atoms with Crippen molar-refractivity contribution in [2.75, 3.05) is 13.1 Å². The van der Waals surface area contributed by atoms with Crippen LogP contribution in [0.25, 0.3) is 0 Å². The summed E-state index contributed by atoms with van der Waals surface area (Å²) >= 11 is 0. The van der Waals surface area contributed by atoms with Crippen LogP contribution in [0.2, 0.25) is 0 Å². The van der Waals surface area contributed by atoms with E-state index in [9.17, 15) is 9.59 Å². The van der Waals surface area contributed by atoms with Crippen LogP contribution < -0.4 is 0 Å². The van der Waals surface area contributed by atoms with Gasteiger partial charge in [-0.3, -0.25) is 0 Å². The number of hydrogen-bond acceptors (Lipinski definition) is 5. The second kappa shape index (κ2) is 4.56. The van der Waals surface area contributed by atoms with E-state index in [0.29, 0.717) is 18.8 Å². The van der Waals surface area contributed by atoms with Gasteiger partial charge in [0.15, 0.2) is 0 Å². The first-order valence-corrected chi connectivity index (χ1v) is 5.94. The molecule has 1 aromatic rings. The van der Waals surface area contributed by atoms with Crippen molar-refractivity contribution in [1.82, 2.24) is 10.1 Å². The molecule has 1 aromatic heterocycles. The van der Waals surface area contributed by atoms with E-state index in [1.807, 2.05) is 0 Å². The molecule has 1 fully saturated rings. The molecule has 1 saturated heterocycles. The highest BCUT2D eigenvalue weighted by atomic mass is 16.6. The van der Waals surface area contributed by atoms with E-state index >= 15 is 0 Å². The Hall–Kier alpha value is -2.05. The molecule has 0 atom stereocenters. The van der Waals surface area contributed by atoms with E-state index in [0.717, 1.165) is 0 Å². The van der Waals surface area contributed by atoms with Crippen LogP contribution in [-0.2, 0) is 4.74 Å². The Balaban J connectivity index is 1.89. The van der Waals surface area contributed by atoms with Gasteiger partial charge in [-0.15, -0.1) is 0 Å². The average Bonchev–Trinajstić information content (AvgIpc) is 2.61. The number of ether oxygens (including phenoxy) is 1. The molecule has 1 aliphatic heterocycles. The molecule has 0 bridgehead atoms. The molecule has 104 valence electrons. The highest BCUT2D eigenvalue weighted by Gasteiger charge is 2.36. The smallest absolute Gasteiger partial charge is 0.410 e. The normalized spacial score (nSPS) is 16.1. The summed E-state index contributed by atoms with van der Waals surface area (Å²) in [5, 5.41) is 12.4. The summed E-state index contributed by atoms with van der Waals surface area (Å²) < 4.78 is 9.89. The monoisotopic (exact) mass is 268 g/mol. The Kier molecular flexibility index (Phi) is 3.21. The number of amides is 1. The topological polar surface area (TPSA) is 92.9 Å². The molecule has 7 heteroatoms. The van der Waals surface area contributed by atoms with E-state index < -0.39 is 11.6 Å². The number of nitrogens with zero attached hydrogens (tertiary/aromatic N) is 2. The van der Waals surface area contributed by atoms with Gasteiger partial charge in [-0.25, -0.2) is 9.59 Å². The van der Waals surface area contributed by atoms with Gasteiger partial charge in [0.05, 0.1) is 5.69 Å². The van der Waals surface area contributed by atoms with Crippen molar-refractivity contribution in [3.05, 3.63) is 17.5 Å². The molecule has 0 radical (unpaired) electrons. The fraction of sp³-hybridized carbons (Fsp3) is 0.583. The second-order valence-corrected chi connectivity index (χ2v) is 5.50. The van der Waals surface area contributed by atoms with E-state index in [1.54, 1.807) is 25.7 Å². The molecule has 0 aliphatic carbocycles. The van der Waals surface area contributed by atoms with Gasteiger partial charge in [0.1, 0.15) is 5.60 Å². The van der Waals surface area contributed by atoms with E-state index in [4.69, 9.17) is 9.84 Å². The number of carboxylic acids is 1. The molecule has 7 nitrogen and oxygen atoms in total. The van der Waals surface area contributed by atoms with Crippen molar-refractivity contribution in [2.45, 2.75) is 32.3 Å². The molecule has 19 heavy (non-hydrogen) atoms. The number of carbonyl (C=O) groups is 2. The minimum atomic E-state index is -1.15. The number of likely N-dealkylation sites (tertiary alicyclic amines) is 1. The van der Waals surface area contributed by atoms with Crippen LogP contribution in [0.1, 0.15) is 42.9 Å². The molecular weight excluding hydrogens is 252 g/mol. The van der Waals surface area contributed by atoms with Gasteiger partial charge in [0, 0.05) is 25.1 Å². The second-order valence-electron chi connectivity index (χ2n) is 5.50. The van der Waals surface area contributed by atoms with Crippen LogP contribution in [0.15, 0.2) is 10.6 Å². The zero-order valence-electron chi connectivity index (χ0n) is 11.0. The Bertz CT molecular complexity index is 496. The SMILES string of the molecule is CC(C)(C)OC(=O)N1CC(c2cc(C(=O)O)on2)C1. The van der Waals surface area contributed by atoms with Crippen molar-refractivity contribution in [3.63, 3.8) is 0 Å². The minimum absolute atomic E-state index is 0.00404. The van der Waals surface area contributed by atoms with Crippen LogP contribution in [0.4, 0.5) is 4.79 Å². The van der Waals surface area contributed by atoms with Crippen LogP contribution in [0, 0.1) is 0 Å². The molecule has 0 unspecified atom stereocenters. The summed E-state index contributed by atoms with van der Waals surface area (Å²) in [5.74, 6) is -1.34. The van der Waals surface area contributed by atoms with Crippen LogP contribution in [-0.4, -0.2) is 45.9 Å². The average molecular weight is 268 g/mol. The lowest BCUT2D eigenvalue weighted by molar-refractivity contribution is 0.00763. The standard InChI is InChI=1S/C12H16N2O5/c1-12(2,3)18-11(17)14-5-7(6-14)8-4-9(10(15)16)19-13-8/h4,7H,5-6H2,1-3H3,(H,15,16). The van der Waals surface area contributed by atoms with Crippen molar-refractivity contribution in [3.8, 4) is 0 Å². The van der Waals surface area contributed by atoms with Gasteiger partial charge in [0.2, 0.25) is 5.76 Å². The molecule has 1 amide bonds. The highest BCUT2D eigenvalue weighted by Crippen LogP contribution is 2.28. The Labute approximate surface area is 110 Å². The third kappa shape index (κ3) is 3.04. The fourth-order valence-corrected chi connectivity index (χ4v) is 1.72. The van der Waals surface area contributed by atoms with Crippen LogP contribution >= 0.6 is 0 Å². The maximum Gasteiger partial charge on any atom is 0.410 e. The zero-order chi connectivity index (χ0) is 14.2. The first-order valence-electron chi connectivity index (χ1n) is 5.94. The van der Waals surface area contributed by atoms with Crippen molar-refractivity contribution >= 4 is 12.1 Å². The lowest BCUT2D eigenvalue weighted by atomic mass is 9.97. The maximum atomic E-state index is 11.7. The number of aromatic nitrogens is 1. The highest BCUT2D eigenvalue weighted by molar-refractivity contribution is 5.84. The van der Waals surface area contributed by atoms with E-state index in [2.05, 4.69) is 9.68 Å². The Morgan fingerprint density at radius 1 is 1.47 bits per heavy atom. The van der Waals surface area contributed by atoms with Crippen molar-refractivity contribution in [1.29, 1.82) is 0 Å². The van der Waals surface area contributed by atoms with Gasteiger partial charge in [0.25, 0.3) is 0 Å². The molecule has 2 rings (SSSR count). The molecule has 1 N–H and O–H groups in total. The summed E-state index contributed by atoms with van der Waals surface area (Å²) in [6.45, 7) is 6.33.